The van der Waals surface area contributed by atoms with Gasteiger partial charge in [-0.2, -0.15) is 5.10 Å². The minimum atomic E-state index is 0.518. The lowest BCUT2D eigenvalue weighted by molar-refractivity contribution is 0.754. The fourth-order valence-corrected chi connectivity index (χ4v) is 3.31. The van der Waals surface area contributed by atoms with Crippen molar-refractivity contribution in [2.24, 2.45) is 4.99 Å². The maximum Gasteiger partial charge on any atom is 0.191 e. The van der Waals surface area contributed by atoms with Crippen LogP contribution >= 0.6 is 0 Å². The molecule has 2 N–H and O–H groups in total. The first-order chi connectivity index (χ1) is 14.2. The zero-order valence-electron chi connectivity index (χ0n) is 16.8. The van der Waals surface area contributed by atoms with E-state index < -0.39 is 0 Å². The zero-order valence-corrected chi connectivity index (χ0v) is 16.8. The van der Waals surface area contributed by atoms with Gasteiger partial charge in [-0.3, -0.25) is 9.39 Å². The standard InChI is InChI=1S/C21H24N8/c1-15-12-16(2)29(27-15)18-9-5-4-8-17(18)13-23-21(22-3)24-14-20-26-25-19-10-6-7-11-28(19)20/h4-12H,13-14H2,1-3H3,(H2,22,23,24). The summed E-state index contributed by atoms with van der Waals surface area (Å²) in [6.07, 6.45) is 1.95. The molecule has 0 bridgehead atoms. The number of fused-ring (bicyclic) bond motifs is 1. The molecule has 3 heterocycles. The highest BCUT2D eigenvalue weighted by Crippen LogP contribution is 2.16. The second kappa shape index (κ2) is 8.14. The Hall–Kier alpha value is -3.68. The van der Waals surface area contributed by atoms with Crippen LogP contribution in [0.5, 0.6) is 0 Å². The van der Waals surface area contributed by atoms with Gasteiger partial charge in [0.1, 0.15) is 0 Å². The fourth-order valence-electron chi connectivity index (χ4n) is 3.31. The maximum absolute atomic E-state index is 4.61. The molecule has 0 aliphatic rings. The third-order valence-electron chi connectivity index (χ3n) is 4.70. The van der Waals surface area contributed by atoms with Crippen LogP contribution in [-0.4, -0.2) is 37.4 Å². The van der Waals surface area contributed by atoms with E-state index in [0.717, 1.165) is 34.1 Å². The number of rotatable bonds is 5. The van der Waals surface area contributed by atoms with E-state index in [4.69, 9.17) is 0 Å². The Morgan fingerprint density at radius 3 is 2.59 bits per heavy atom. The summed E-state index contributed by atoms with van der Waals surface area (Å²) in [5.74, 6) is 1.52. The number of aryl methyl sites for hydroxylation is 2. The Kier molecular flexibility index (Phi) is 5.24. The van der Waals surface area contributed by atoms with Crippen molar-refractivity contribution in [1.29, 1.82) is 0 Å². The number of aliphatic imine (C=N–C) groups is 1. The minimum Gasteiger partial charge on any atom is -0.352 e. The van der Waals surface area contributed by atoms with Crippen LogP contribution in [0.3, 0.4) is 0 Å². The van der Waals surface area contributed by atoms with Crippen LogP contribution in [0.2, 0.25) is 0 Å². The molecule has 0 aliphatic carbocycles. The Balaban J connectivity index is 1.45. The molecular weight excluding hydrogens is 364 g/mol. The van der Waals surface area contributed by atoms with E-state index in [-0.39, 0.29) is 0 Å². The summed E-state index contributed by atoms with van der Waals surface area (Å²) >= 11 is 0. The number of aromatic nitrogens is 5. The molecule has 1 aromatic carbocycles. The summed E-state index contributed by atoms with van der Waals surface area (Å²) in [7, 11) is 1.75. The molecule has 0 radical (unpaired) electrons. The van der Waals surface area contributed by atoms with Gasteiger partial charge in [-0.05, 0) is 43.7 Å². The van der Waals surface area contributed by atoms with E-state index in [1.165, 1.54) is 0 Å². The normalized spacial score (nSPS) is 11.8. The van der Waals surface area contributed by atoms with Crippen molar-refractivity contribution in [3.8, 4) is 5.69 Å². The minimum absolute atomic E-state index is 0.518. The van der Waals surface area contributed by atoms with Crippen LogP contribution in [0.4, 0.5) is 0 Å². The van der Waals surface area contributed by atoms with Gasteiger partial charge in [0, 0.05) is 25.5 Å². The molecule has 0 aliphatic heterocycles. The summed E-state index contributed by atoms with van der Waals surface area (Å²) in [5, 5.41) is 19.7. The van der Waals surface area contributed by atoms with Gasteiger partial charge in [0.2, 0.25) is 0 Å². The maximum atomic E-state index is 4.61. The van der Waals surface area contributed by atoms with Crippen molar-refractivity contribution in [1.82, 2.24) is 35.0 Å². The third kappa shape index (κ3) is 3.96. The molecule has 8 heteroatoms. The Morgan fingerprint density at radius 2 is 1.79 bits per heavy atom. The number of para-hydroxylation sites is 1. The SMILES string of the molecule is CN=C(NCc1ccccc1-n1nc(C)cc1C)NCc1nnc2ccccn12. The molecule has 0 amide bonds. The lowest BCUT2D eigenvalue weighted by Gasteiger charge is -2.14. The summed E-state index contributed by atoms with van der Waals surface area (Å²) < 4.78 is 3.93. The number of pyridine rings is 1. The van der Waals surface area contributed by atoms with E-state index in [2.05, 4.69) is 56.0 Å². The van der Waals surface area contributed by atoms with Crippen LogP contribution < -0.4 is 10.6 Å². The number of guanidine groups is 1. The predicted octanol–water partition coefficient (Wildman–Crippen LogP) is 2.40. The number of hydrogen-bond acceptors (Lipinski definition) is 4. The molecule has 0 atom stereocenters. The number of nitrogens with one attached hydrogen (secondary N) is 2. The average molecular weight is 388 g/mol. The molecule has 8 nitrogen and oxygen atoms in total. The molecule has 0 fully saturated rings. The highest BCUT2D eigenvalue weighted by molar-refractivity contribution is 5.79. The van der Waals surface area contributed by atoms with Gasteiger partial charge >= 0.3 is 0 Å². The van der Waals surface area contributed by atoms with Crippen molar-refractivity contribution in [2.45, 2.75) is 26.9 Å². The monoisotopic (exact) mass is 388 g/mol. The van der Waals surface area contributed by atoms with Gasteiger partial charge in [-0.25, -0.2) is 4.68 Å². The zero-order chi connectivity index (χ0) is 20.2. The van der Waals surface area contributed by atoms with E-state index in [0.29, 0.717) is 19.0 Å². The summed E-state index contributed by atoms with van der Waals surface area (Å²) in [6, 6.07) is 16.1. The highest BCUT2D eigenvalue weighted by atomic mass is 15.3. The van der Waals surface area contributed by atoms with Gasteiger partial charge < -0.3 is 10.6 Å². The molecule has 4 rings (SSSR count). The van der Waals surface area contributed by atoms with Crippen molar-refractivity contribution >= 4 is 11.6 Å². The molecule has 0 spiro atoms. The molecule has 0 unspecified atom stereocenters. The van der Waals surface area contributed by atoms with E-state index in [9.17, 15) is 0 Å². The van der Waals surface area contributed by atoms with Crippen molar-refractivity contribution in [3.05, 3.63) is 77.5 Å². The Bertz CT molecular complexity index is 1150. The largest absolute Gasteiger partial charge is 0.352 e. The molecule has 3 aromatic heterocycles. The van der Waals surface area contributed by atoms with Crippen LogP contribution in [0.15, 0.2) is 59.7 Å². The van der Waals surface area contributed by atoms with Gasteiger partial charge in [0.05, 0.1) is 17.9 Å². The summed E-state index contributed by atoms with van der Waals surface area (Å²) in [6.45, 7) is 5.20. The first-order valence-corrected chi connectivity index (χ1v) is 9.50. The first kappa shape index (κ1) is 18.7. The summed E-state index contributed by atoms with van der Waals surface area (Å²) in [5.41, 5.74) is 5.13. The molecule has 0 saturated carbocycles. The van der Waals surface area contributed by atoms with E-state index in [1.54, 1.807) is 7.05 Å². The third-order valence-corrected chi connectivity index (χ3v) is 4.70. The van der Waals surface area contributed by atoms with E-state index >= 15 is 0 Å². The van der Waals surface area contributed by atoms with Gasteiger partial charge in [0.25, 0.3) is 0 Å². The second-order valence-electron chi connectivity index (χ2n) is 6.79. The number of nitrogens with zero attached hydrogens (tertiary/aromatic N) is 6. The van der Waals surface area contributed by atoms with Crippen LogP contribution in [0, 0.1) is 13.8 Å². The van der Waals surface area contributed by atoms with E-state index in [1.807, 2.05) is 52.5 Å². The first-order valence-electron chi connectivity index (χ1n) is 9.50. The predicted molar refractivity (Wildman–Crippen MR) is 113 cm³/mol. The summed E-state index contributed by atoms with van der Waals surface area (Å²) in [4.78, 5) is 4.32. The lowest BCUT2D eigenvalue weighted by Crippen LogP contribution is -2.37. The quantitative estimate of drug-likeness (QED) is 0.405. The molecule has 29 heavy (non-hydrogen) atoms. The molecule has 4 aromatic rings. The second-order valence-corrected chi connectivity index (χ2v) is 6.79. The van der Waals surface area contributed by atoms with Crippen molar-refractivity contribution < 1.29 is 0 Å². The smallest absolute Gasteiger partial charge is 0.191 e. The lowest BCUT2D eigenvalue weighted by atomic mass is 10.1. The topological polar surface area (TPSA) is 84.4 Å². The number of benzene rings is 1. The number of hydrogen-bond donors (Lipinski definition) is 2. The average Bonchev–Trinajstić information content (AvgIpc) is 3.30. The van der Waals surface area contributed by atoms with Gasteiger partial charge in [-0.15, -0.1) is 10.2 Å². The van der Waals surface area contributed by atoms with Crippen molar-refractivity contribution in [2.75, 3.05) is 7.05 Å². The molecule has 148 valence electrons. The van der Waals surface area contributed by atoms with Crippen molar-refractivity contribution in [3.63, 3.8) is 0 Å². The highest BCUT2D eigenvalue weighted by Gasteiger charge is 2.10. The molecular formula is C21H24N8. The Labute approximate surface area is 169 Å². The Morgan fingerprint density at radius 1 is 1.00 bits per heavy atom. The molecule has 0 saturated heterocycles. The fraction of sp³-hybridized carbons (Fsp3) is 0.238. The van der Waals surface area contributed by atoms with Crippen LogP contribution in [0.1, 0.15) is 22.8 Å². The van der Waals surface area contributed by atoms with Gasteiger partial charge in [-0.1, -0.05) is 24.3 Å². The van der Waals surface area contributed by atoms with Crippen LogP contribution in [0.25, 0.3) is 11.3 Å². The van der Waals surface area contributed by atoms with Gasteiger partial charge in [0.15, 0.2) is 17.4 Å². The van der Waals surface area contributed by atoms with Crippen LogP contribution in [-0.2, 0) is 13.1 Å².